The van der Waals surface area contributed by atoms with Gasteiger partial charge in [-0.15, -0.1) is 0 Å². The Balaban J connectivity index is 1.50. The lowest BCUT2D eigenvalue weighted by Gasteiger charge is -2.33. The molecule has 2 aromatic rings. The first-order chi connectivity index (χ1) is 17.9. The van der Waals surface area contributed by atoms with Crippen LogP contribution in [0, 0.1) is 34.0 Å². The van der Waals surface area contributed by atoms with Gasteiger partial charge in [-0.1, -0.05) is 5.84 Å². The number of pyridine rings is 1. The van der Waals surface area contributed by atoms with E-state index in [1.807, 2.05) is 17.0 Å². The van der Waals surface area contributed by atoms with Crippen molar-refractivity contribution in [3.05, 3.63) is 35.3 Å². The van der Waals surface area contributed by atoms with Gasteiger partial charge in [-0.05, 0) is 56.1 Å². The van der Waals surface area contributed by atoms with Crippen molar-refractivity contribution in [3.8, 4) is 6.07 Å². The van der Waals surface area contributed by atoms with Crippen molar-refractivity contribution in [1.29, 1.82) is 16.1 Å². The summed E-state index contributed by atoms with van der Waals surface area (Å²) in [5, 5.41) is 27.3. The third kappa shape index (κ3) is 6.30. The first-order valence-corrected chi connectivity index (χ1v) is 12.5. The van der Waals surface area contributed by atoms with E-state index in [1.165, 1.54) is 0 Å². The molecule has 0 bridgehead atoms. The van der Waals surface area contributed by atoms with Gasteiger partial charge >= 0.3 is 0 Å². The molecule has 2 aliphatic heterocycles. The Hall–Kier alpha value is -4.27. The van der Waals surface area contributed by atoms with Crippen molar-refractivity contribution in [2.75, 3.05) is 41.3 Å². The van der Waals surface area contributed by atoms with E-state index in [1.54, 1.807) is 6.20 Å². The van der Waals surface area contributed by atoms with E-state index >= 15 is 0 Å². The molecule has 4 heterocycles. The number of carbonyl (C=O) groups is 1. The first-order valence-electron chi connectivity index (χ1n) is 12.5. The number of aromatic nitrogens is 3. The number of hydrogen-bond acceptors (Lipinski definition) is 10. The predicted molar refractivity (Wildman–Crippen MR) is 143 cm³/mol. The molecule has 37 heavy (non-hydrogen) atoms. The fraction of sp³-hybridized carbons (Fsp3) is 0.480. The second-order valence-electron chi connectivity index (χ2n) is 9.58. The summed E-state index contributed by atoms with van der Waals surface area (Å²) < 4.78 is 0. The van der Waals surface area contributed by atoms with Crippen molar-refractivity contribution in [2.24, 2.45) is 17.6 Å². The van der Waals surface area contributed by atoms with Crippen molar-refractivity contribution < 1.29 is 4.79 Å². The zero-order chi connectivity index (χ0) is 26.4. The maximum absolute atomic E-state index is 12.3. The average Bonchev–Trinajstić information content (AvgIpc) is 2.89. The number of anilines is 4. The minimum atomic E-state index is -0.728. The molecular formula is C25H32N11O-. The number of primary amides is 1. The number of amidine groups is 1. The van der Waals surface area contributed by atoms with E-state index < -0.39 is 5.91 Å². The molecule has 12 nitrogen and oxygen atoms in total. The third-order valence-corrected chi connectivity index (χ3v) is 7.03. The molecule has 0 unspecified atom stereocenters. The summed E-state index contributed by atoms with van der Waals surface area (Å²) in [7, 11) is 0. The maximum atomic E-state index is 12.3. The zero-order valence-electron chi connectivity index (χ0n) is 20.7. The molecule has 194 valence electrons. The lowest BCUT2D eigenvalue weighted by molar-refractivity contribution is 0.100. The first kappa shape index (κ1) is 25.8. The molecular weight excluding hydrogens is 470 g/mol. The van der Waals surface area contributed by atoms with Crippen LogP contribution in [-0.4, -0.2) is 59.1 Å². The summed E-state index contributed by atoms with van der Waals surface area (Å²) >= 11 is 0. The summed E-state index contributed by atoms with van der Waals surface area (Å²) in [4.78, 5) is 30.1. The van der Waals surface area contributed by atoms with E-state index in [9.17, 15) is 4.79 Å². The van der Waals surface area contributed by atoms with Crippen molar-refractivity contribution in [1.82, 2.24) is 15.0 Å². The highest BCUT2D eigenvalue weighted by atomic mass is 16.1. The average molecular weight is 503 g/mol. The number of rotatable bonds is 9. The number of piperidine rings is 2. The van der Waals surface area contributed by atoms with Gasteiger partial charge in [0.05, 0.1) is 18.0 Å². The fourth-order valence-electron chi connectivity index (χ4n) is 4.95. The standard InChI is InChI=1S/C25H33N11O/c26-8-3-16-4-11-36(12-5-16)25-33-19(14-27)22(23(30)37)24(34-25)32-18-1-2-21(31-15-18)35-9-6-17(7-10-35)13-20(28)29/h1-2,14-17,27H,3-7,9-13H2,(H6,28,29,30,32,33,34,37)/p-1. The van der Waals surface area contributed by atoms with Crippen LogP contribution in [0.2, 0.25) is 0 Å². The second-order valence-corrected chi connectivity index (χ2v) is 9.58. The number of amides is 1. The number of nitrogens with one attached hydrogen (secondary N) is 4. The van der Waals surface area contributed by atoms with Crippen LogP contribution >= 0.6 is 0 Å². The van der Waals surface area contributed by atoms with Crippen LogP contribution < -0.4 is 20.9 Å². The number of nitrogens with two attached hydrogens (primary N) is 1. The topological polar surface area (TPSA) is 196 Å². The Kier molecular flexibility index (Phi) is 8.12. The van der Waals surface area contributed by atoms with Crippen molar-refractivity contribution in [3.63, 3.8) is 0 Å². The van der Waals surface area contributed by atoms with E-state index in [0.717, 1.165) is 50.8 Å². The Bertz CT molecular complexity index is 1170. The van der Waals surface area contributed by atoms with Crippen LogP contribution in [0.5, 0.6) is 0 Å². The molecule has 1 amide bonds. The quantitative estimate of drug-likeness (QED) is 0.295. The molecule has 0 radical (unpaired) electrons. The predicted octanol–water partition coefficient (Wildman–Crippen LogP) is 3.48. The molecule has 2 aliphatic rings. The Morgan fingerprint density at radius 2 is 1.84 bits per heavy atom. The molecule has 4 rings (SSSR count). The molecule has 0 saturated carbocycles. The molecule has 12 heteroatoms. The van der Waals surface area contributed by atoms with E-state index in [4.69, 9.17) is 27.5 Å². The van der Waals surface area contributed by atoms with Gasteiger partial charge < -0.3 is 37.4 Å². The van der Waals surface area contributed by atoms with E-state index in [2.05, 4.69) is 31.2 Å². The summed E-state index contributed by atoms with van der Waals surface area (Å²) in [5.41, 5.74) is 13.8. The number of hydrogen-bond donors (Lipinski definition) is 4. The normalized spacial score (nSPS) is 16.7. The highest BCUT2D eigenvalue weighted by Crippen LogP contribution is 2.29. The Morgan fingerprint density at radius 1 is 1.16 bits per heavy atom. The second kappa shape index (κ2) is 11.6. The van der Waals surface area contributed by atoms with Crippen LogP contribution in [0.3, 0.4) is 0 Å². The smallest absolute Gasteiger partial charge is 0.254 e. The largest absolute Gasteiger partial charge is 0.486 e. The van der Waals surface area contributed by atoms with Gasteiger partial charge in [-0.25, -0.2) is 9.97 Å². The van der Waals surface area contributed by atoms with Crippen LogP contribution in [0.15, 0.2) is 18.3 Å². The van der Waals surface area contributed by atoms with Gasteiger partial charge in [-0.2, -0.15) is 10.2 Å². The van der Waals surface area contributed by atoms with Crippen LogP contribution in [-0.2, 0) is 0 Å². The Labute approximate surface area is 216 Å². The minimum Gasteiger partial charge on any atom is -0.486 e. The maximum Gasteiger partial charge on any atom is 0.254 e. The monoisotopic (exact) mass is 502 g/mol. The minimum absolute atomic E-state index is 0.00938. The van der Waals surface area contributed by atoms with Gasteiger partial charge in [0, 0.05) is 38.8 Å². The van der Waals surface area contributed by atoms with Crippen LogP contribution in [0.25, 0.3) is 5.73 Å². The summed E-state index contributed by atoms with van der Waals surface area (Å²) in [6.07, 6.45) is 7.30. The fourth-order valence-corrected chi connectivity index (χ4v) is 4.95. The zero-order valence-corrected chi connectivity index (χ0v) is 20.7. The number of nitriles is 1. The van der Waals surface area contributed by atoms with E-state index in [-0.39, 0.29) is 22.9 Å². The van der Waals surface area contributed by atoms with Gasteiger partial charge in [0.1, 0.15) is 22.9 Å². The molecule has 0 aliphatic carbocycles. The van der Waals surface area contributed by atoms with E-state index in [0.29, 0.717) is 49.4 Å². The highest BCUT2D eigenvalue weighted by Gasteiger charge is 2.25. The summed E-state index contributed by atoms with van der Waals surface area (Å²) in [6, 6.07) is 6.00. The molecule has 0 spiro atoms. The molecule has 2 fully saturated rings. The number of carbonyl (C=O) groups excluding carboxylic acids is 1. The lowest BCUT2D eigenvalue weighted by atomic mass is 9.93. The molecule has 0 atom stereocenters. The molecule has 6 N–H and O–H groups in total. The van der Waals surface area contributed by atoms with Gasteiger partial charge in [0.2, 0.25) is 5.95 Å². The number of nitrogens with zero attached hydrogens (tertiary/aromatic N) is 6. The van der Waals surface area contributed by atoms with Gasteiger partial charge in [0.15, 0.2) is 0 Å². The van der Waals surface area contributed by atoms with Gasteiger partial charge in [0.25, 0.3) is 5.91 Å². The van der Waals surface area contributed by atoms with Crippen LogP contribution in [0.4, 0.5) is 23.3 Å². The summed E-state index contributed by atoms with van der Waals surface area (Å²) in [6.45, 7) is 3.03. The Morgan fingerprint density at radius 3 is 2.41 bits per heavy atom. The summed E-state index contributed by atoms with van der Waals surface area (Å²) in [5.74, 6) is 1.47. The van der Waals surface area contributed by atoms with Crippen LogP contribution in [0.1, 0.15) is 54.6 Å². The van der Waals surface area contributed by atoms with Crippen molar-refractivity contribution >= 4 is 41.2 Å². The highest BCUT2D eigenvalue weighted by molar-refractivity contribution is 6.04. The molecule has 0 aromatic carbocycles. The lowest BCUT2D eigenvalue weighted by Crippen LogP contribution is -2.35. The van der Waals surface area contributed by atoms with Gasteiger partial charge in [-0.3, -0.25) is 4.79 Å². The third-order valence-electron chi connectivity index (χ3n) is 7.03. The molecule has 2 saturated heterocycles. The SMILES string of the molecule is N#CCC1CCN(c2nc(C=N)c(C(N)=O)c(Nc3ccc(N4CCC(CC(=N)[NH-])CC4)nc3)n2)CC1. The van der Waals surface area contributed by atoms with Crippen molar-refractivity contribution in [2.45, 2.75) is 38.5 Å². The molecule has 2 aromatic heterocycles.